The van der Waals surface area contributed by atoms with Gasteiger partial charge in [0, 0.05) is 36.7 Å². The maximum absolute atomic E-state index is 11.7. The number of halogens is 1. The van der Waals surface area contributed by atoms with Crippen molar-refractivity contribution in [1.82, 2.24) is 5.32 Å². The molecule has 3 N–H and O–H groups in total. The summed E-state index contributed by atoms with van der Waals surface area (Å²) < 4.78 is 16.0. The van der Waals surface area contributed by atoms with E-state index in [0.717, 1.165) is 5.56 Å². The summed E-state index contributed by atoms with van der Waals surface area (Å²) in [5.41, 5.74) is 6.54. The minimum absolute atomic E-state index is 0. The summed E-state index contributed by atoms with van der Waals surface area (Å²) in [7, 11) is 4.78. The second kappa shape index (κ2) is 11.0. The first-order valence-electron chi connectivity index (χ1n) is 7.33. The molecule has 0 aliphatic rings. The number of methoxy groups -OCH3 is 3. The van der Waals surface area contributed by atoms with E-state index in [-0.39, 0.29) is 24.4 Å². The Labute approximate surface area is 144 Å². The van der Waals surface area contributed by atoms with Crippen molar-refractivity contribution in [3.05, 3.63) is 17.7 Å². The van der Waals surface area contributed by atoms with Crippen LogP contribution < -0.4 is 25.3 Å². The van der Waals surface area contributed by atoms with E-state index in [1.807, 2.05) is 6.92 Å². The van der Waals surface area contributed by atoms with Gasteiger partial charge in [0.2, 0.25) is 5.91 Å². The van der Waals surface area contributed by atoms with E-state index in [9.17, 15) is 4.79 Å². The lowest BCUT2D eigenvalue weighted by atomic mass is 10.1. The summed E-state index contributed by atoms with van der Waals surface area (Å²) in [6.45, 7) is 2.40. The standard InChI is InChI=1S/C16H26N2O4.ClH/c1-11(17)5-6-16(19)18-8-7-13-14(21-3)9-12(20-2)10-15(13)22-4;/h9-11H,5-8,17H2,1-4H3,(H,18,19);1H. The smallest absolute Gasteiger partial charge is 0.220 e. The lowest BCUT2D eigenvalue weighted by Crippen LogP contribution is -2.27. The van der Waals surface area contributed by atoms with Gasteiger partial charge in [0.25, 0.3) is 0 Å². The first-order valence-corrected chi connectivity index (χ1v) is 7.33. The summed E-state index contributed by atoms with van der Waals surface area (Å²) >= 11 is 0. The fourth-order valence-corrected chi connectivity index (χ4v) is 2.10. The molecule has 1 unspecified atom stereocenters. The number of nitrogens with one attached hydrogen (secondary N) is 1. The second-order valence-corrected chi connectivity index (χ2v) is 5.13. The number of hydrogen-bond donors (Lipinski definition) is 2. The van der Waals surface area contributed by atoms with E-state index >= 15 is 0 Å². The fraction of sp³-hybridized carbons (Fsp3) is 0.562. The Morgan fingerprint density at radius 2 is 1.74 bits per heavy atom. The van der Waals surface area contributed by atoms with Gasteiger partial charge in [0.15, 0.2) is 0 Å². The van der Waals surface area contributed by atoms with Crippen LogP contribution in [0.1, 0.15) is 25.3 Å². The third-order valence-corrected chi connectivity index (χ3v) is 3.34. The molecule has 7 heteroatoms. The minimum atomic E-state index is 0. The molecule has 0 saturated heterocycles. The Balaban J connectivity index is 0.00000484. The van der Waals surface area contributed by atoms with Gasteiger partial charge < -0.3 is 25.3 Å². The molecule has 0 aliphatic carbocycles. The van der Waals surface area contributed by atoms with Crippen LogP contribution in [0.15, 0.2) is 12.1 Å². The molecule has 1 atom stereocenters. The van der Waals surface area contributed by atoms with E-state index < -0.39 is 0 Å². The van der Waals surface area contributed by atoms with Crippen LogP contribution in [0.3, 0.4) is 0 Å². The van der Waals surface area contributed by atoms with Gasteiger partial charge in [-0.2, -0.15) is 0 Å². The lowest BCUT2D eigenvalue weighted by molar-refractivity contribution is -0.121. The zero-order chi connectivity index (χ0) is 16.5. The van der Waals surface area contributed by atoms with E-state index in [4.69, 9.17) is 19.9 Å². The van der Waals surface area contributed by atoms with Crippen LogP contribution in [0.5, 0.6) is 17.2 Å². The Morgan fingerprint density at radius 1 is 1.17 bits per heavy atom. The molecular weight excluding hydrogens is 320 g/mol. The van der Waals surface area contributed by atoms with Crippen molar-refractivity contribution in [2.45, 2.75) is 32.2 Å². The van der Waals surface area contributed by atoms with Crippen molar-refractivity contribution in [2.75, 3.05) is 27.9 Å². The molecule has 1 aromatic rings. The molecule has 0 aromatic heterocycles. The molecule has 1 rings (SSSR count). The van der Waals surface area contributed by atoms with Gasteiger partial charge in [-0.25, -0.2) is 0 Å². The molecule has 0 heterocycles. The van der Waals surface area contributed by atoms with Crippen LogP contribution in [-0.4, -0.2) is 39.8 Å². The zero-order valence-electron chi connectivity index (χ0n) is 14.2. The van der Waals surface area contributed by atoms with E-state index in [0.29, 0.717) is 43.1 Å². The van der Waals surface area contributed by atoms with Gasteiger partial charge in [0.05, 0.1) is 21.3 Å². The monoisotopic (exact) mass is 346 g/mol. The summed E-state index contributed by atoms with van der Waals surface area (Å²) in [5.74, 6) is 2.03. The number of amides is 1. The second-order valence-electron chi connectivity index (χ2n) is 5.13. The van der Waals surface area contributed by atoms with Crippen LogP contribution in [0.4, 0.5) is 0 Å². The number of carbonyl (C=O) groups is 1. The van der Waals surface area contributed by atoms with Crippen molar-refractivity contribution in [2.24, 2.45) is 5.73 Å². The molecule has 0 radical (unpaired) electrons. The van der Waals surface area contributed by atoms with Crippen LogP contribution >= 0.6 is 12.4 Å². The Morgan fingerprint density at radius 3 is 2.17 bits per heavy atom. The number of rotatable bonds is 9. The van der Waals surface area contributed by atoms with Crippen molar-refractivity contribution >= 4 is 18.3 Å². The number of ether oxygens (including phenoxy) is 3. The zero-order valence-corrected chi connectivity index (χ0v) is 15.0. The quantitative estimate of drug-likeness (QED) is 0.713. The van der Waals surface area contributed by atoms with Gasteiger partial charge in [-0.05, 0) is 19.8 Å². The predicted octanol–water partition coefficient (Wildman–Crippen LogP) is 1.92. The maximum atomic E-state index is 11.7. The molecule has 132 valence electrons. The molecule has 0 aliphatic heterocycles. The highest BCUT2D eigenvalue weighted by atomic mass is 35.5. The lowest BCUT2D eigenvalue weighted by Gasteiger charge is -2.15. The van der Waals surface area contributed by atoms with E-state index in [1.54, 1.807) is 33.5 Å². The SMILES string of the molecule is COc1cc(OC)c(CCNC(=O)CCC(C)N)c(OC)c1.Cl. The highest BCUT2D eigenvalue weighted by Crippen LogP contribution is 2.34. The number of carbonyl (C=O) groups excluding carboxylic acids is 1. The van der Waals surface area contributed by atoms with Crippen molar-refractivity contribution < 1.29 is 19.0 Å². The Bertz CT molecular complexity index is 470. The Hall–Kier alpha value is -1.66. The first kappa shape index (κ1) is 21.3. The van der Waals surface area contributed by atoms with Crippen molar-refractivity contribution in [3.63, 3.8) is 0 Å². The van der Waals surface area contributed by atoms with Crippen molar-refractivity contribution in [3.8, 4) is 17.2 Å². The topological polar surface area (TPSA) is 82.8 Å². The number of benzene rings is 1. The molecular formula is C16H27ClN2O4. The molecule has 0 spiro atoms. The first-order chi connectivity index (χ1) is 10.5. The Kier molecular flexibility index (Phi) is 10.2. The highest BCUT2D eigenvalue weighted by Gasteiger charge is 2.13. The van der Waals surface area contributed by atoms with Crippen molar-refractivity contribution in [1.29, 1.82) is 0 Å². The van der Waals surface area contributed by atoms with Crippen LogP contribution in [-0.2, 0) is 11.2 Å². The molecule has 0 saturated carbocycles. The van der Waals surface area contributed by atoms with Gasteiger partial charge in [-0.1, -0.05) is 0 Å². The molecule has 1 amide bonds. The normalized spacial score (nSPS) is 11.2. The molecule has 6 nitrogen and oxygen atoms in total. The fourth-order valence-electron chi connectivity index (χ4n) is 2.10. The minimum Gasteiger partial charge on any atom is -0.496 e. The van der Waals surface area contributed by atoms with E-state index in [2.05, 4.69) is 5.32 Å². The van der Waals surface area contributed by atoms with E-state index in [1.165, 1.54) is 0 Å². The number of hydrogen-bond acceptors (Lipinski definition) is 5. The summed E-state index contributed by atoms with van der Waals surface area (Å²) in [5, 5.41) is 2.88. The molecule has 0 fully saturated rings. The third kappa shape index (κ3) is 6.97. The van der Waals surface area contributed by atoms with Gasteiger partial charge in [-0.15, -0.1) is 12.4 Å². The summed E-state index contributed by atoms with van der Waals surface area (Å²) in [6.07, 6.45) is 1.73. The largest absolute Gasteiger partial charge is 0.496 e. The van der Waals surface area contributed by atoms with Crippen LogP contribution in [0.25, 0.3) is 0 Å². The molecule has 23 heavy (non-hydrogen) atoms. The van der Waals surface area contributed by atoms with Crippen LogP contribution in [0, 0.1) is 0 Å². The maximum Gasteiger partial charge on any atom is 0.220 e. The van der Waals surface area contributed by atoms with Gasteiger partial charge >= 0.3 is 0 Å². The summed E-state index contributed by atoms with van der Waals surface area (Å²) in [6, 6.07) is 3.64. The van der Waals surface area contributed by atoms with Crippen LogP contribution in [0.2, 0.25) is 0 Å². The average molecular weight is 347 g/mol. The third-order valence-electron chi connectivity index (χ3n) is 3.34. The average Bonchev–Trinajstić information content (AvgIpc) is 2.52. The van der Waals surface area contributed by atoms with Gasteiger partial charge in [0.1, 0.15) is 17.2 Å². The molecule has 1 aromatic carbocycles. The number of nitrogens with two attached hydrogens (primary N) is 1. The summed E-state index contributed by atoms with van der Waals surface area (Å²) in [4.78, 5) is 11.7. The van der Waals surface area contributed by atoms with Gasteiger partial charge in [-0.3, -0.25) is 4.79 Å². The highest BCUT2D eigenvalue weighted by molar-refractivity contribution is 5.85. The predicted molar refractivity (Wildman–Crippen MR) is 92.9 cm³/mol. The molecule has 0 bridgehead atoms.